The molecule has 4 rings (SSSR count). The van der Waals surface area contributed by atoms with Crippen molar-refractivity contribution in [2.75, 3.05) is 33.4 Å². The van der Waals surface area contributed by atoms with Crippen molar-refractivity contribution in [3.05, 3.63) is 41.5 Å². The Kier molecular flexibility index (Phi) is 7.93. The number of carbonyl (C=O) groups is 1. The molecule has 0 spiro atoms. The highest BCUT2D eigenvalue weighted by atomic mass is 19.4. The molecule has 1 aliphatic carbocycles. The Bertz CT molecular complexity index is 932. The summed E-state index contributed by atoms with van der Waals surface area (Å²) in [4.78, 5) is 15.7. The molecular weight excluding hydrogens is 457 g/mol. The zero-order valence-electron chi connectivity index (χ0n) is 20.9. The van der Waals surface area contributed by atoms with Crippen LogP contribution in [-0.4, -0.2) is 62.4 Å². The molecule has 2 heterocycles. The molecule has 3 aliphatic rings. The molecule has 0 aromatic heterocycles. The Morgan fingerprint density at radius 1 is 1.26 bits per heavy atom. The number of amides is 1. The van der Waals surface area contributed by atoms with Gasteiger partial charge in [0.05, 0.1) is 23.7 Å². The lowest BCUT2D eigenvalue weighted by molar-refractivity contribution is -0.144. The van der Waals surface area contributed by atoms with Crippen LogP contribution in [0.3, 0.4) is 0 Å². The number of halogens is 3. The van der Waals surface area contributed by atoms with E-state index in [0.29, 0.717) is 38.3 Å². The van der Waals surface area contributed by atoms with Crippen LogP contribution >= 0.6 is 0 Å². The van der Waals surface area contributed by atoms with Crippen LogP contribution in [0.5, 0.6) is 0 Å². The summed E-state index contributed by atoms with van der Waals surface area (Å²) < 4.78 is 51.6. The Hall–Kier alpha value is -1.90. The van der Waals surface area contributed by atoms with E-state index in [4.69, 9.17) is 9.47 Å². The maximum atomic E-state index is 13.8. The fourth-order valence-corrected chi connectivity index (χ4v) is 6.04. The molecule has 1 saturated carbocycles. The second-order valence-electron chi connectivity index (χ2n) is 10.4. The summed E-state index contributed by atoms with van der Waals surface area (Å²) in [6.07, 6.45) is 1.22. The van der Waals surface area contributed by atoms with Gasteiger partial charge in [-0.05, 0) is 55.2 Å². The molecule has 1 aromatic rings. The number of rotatable bonds is 6. The fraction of sp³-hybridized carbons (Fsp3) is 0.667. The first-order chi connectivity index (χ1) is 16.7. The number of ether oxygens (including phenoxy) is 2. The van der Waals surface area contributed by atoms with Crippen LogP contribution in [0.15, 0.2) is 30.3 Å². The van der Waals surface area contributed by atoms with E-state index < -0.39 is 17.2 Å². The lowest BCUT2D eigenvalue weighted by Gasteiger charge is -2.39. The van der Waals surface area contributed by atoms with Gasteiger partial charge in [0.15, 0.2) is 0 Å². The predicted molar refractivity (Wildman–Crippen MR) is 129 cm³/mol. The second kappa shape index (κ2) is 10.6. The molecule has 5 nitrogen and oxygen atoms in total. The van der Waals surface area contributed by atoms with Gasteiger partial charge in [-0.1, -0.05) is 38.1 Å². The quantitative estimate of drug-likeness (QED) is 0.611. The summed E-state index contributed by atoms with van der Waals surface area (Å²) in [5, 5.41) is 3.74. The van der Waals surface area contributed by atoms with Gasteiger partial charge in [0.2, 0.25) is 5.91 Å². The van der Waals surface area contributed by atoms with E-state index in [-0.39, 0.29) is 35.6 Å². The fourth-order valence-electron chi connectivity index (χ4n) is 6.04. The van der Waals surface area contributed by atoms with Crippen LogP contribution in [-0.2, 0) is 20.4 Å². The van der Waals surface area contributed by atoms with Crippen molar-refractivity contribution in [2.45, 2.75) is 70.3 Å². The van der Waals surface area contributed by atoms with Gasteiger partial charge in [-0.2, -0.15) is 13.2 Å². The zero-order chi connectivity index (χ0) is 25.2. The van der Waals surface area contributed by atoms with E-state index in [2.05, 4.69) is 19.2 Å². The van der Waals surface area contributed by atoms with Gasteiger partial charge in [-0.3, -0.25) is 4.79 Å². The van der Waals surface area contributed by atoms with E-state index in [0.717, 1.165) is 31.7 Å². The molecule has 1 N–H and O–H groups in total. The highest BCUT2D eigenvalue weighted by Gasteiger charge is 2.50. The molecule has 2 fully saturated rings. The van der Waals surface area contributed by atoms with Crippen molar-refractivity contribution in [1.29, 1.82) is 0 Å². The van der Waals surface area contributed by atoms with Crippen molar-refractivity contribution in [3.8, 4) is 0 Å². The van der Waals surface area contributed by atoms with Crippen LogP contribution in [0.4, 0.5) is 13.2 Å². The van der Waals surface area contributed by atoms with Gasteiger partial charge in [0.25, 0.3) is 0 Å². The van der Waals surface area contributed by atoms with Crippen molar-refractivity contribution < 1.29 is 27.4 Å². The highest BCUT2D eigenvalue weighted by molar-refractivity contribution is 5.85. The molecule has 1 saturated heterocycles. The van der Waals surface area contributed by atoms with Gasteiger partial charge in [0, 0.05) is 38.9 Å². The average Bonchev–Trinajstić information content (AvgIpc) is 3.29. The van der Waals surface area contributed by atoms with Gasteiger partial charge >= 0.3 is 6.18 Å². The number of alkyl halides is 3. The van der Waals surface area contributed by atoms with Crippen LogP contribution in [0.1, 0.15) is 57.1 Å². The van der Waals surface area contributed by atoms with Crippen LogP contribution in [0.2, 0.25) is 0 Å². The van der Waals surface area contributed by atoms with E-state index in [1.165, 1.54) is 12.1 Å². The maximum absolute atomic E-state index is 13.8. The number of carbonyl (C=O) groups excluding carboxylic acids is 1. The number of hydrogen-bond donors (Lipinski definition) is 1. The summed E-state index contributed by atoms with van der Waals surface area (Å²) >= 11 is 0. The Labute approximate surface area is 206 Å². The summed E-state index contributed by atoms with van der Waals surface area (Å²) in [6.45, 7) is 6.29. The lowest BCUT2D eigenvalue weighted by Crippen LogP contribution is -2.52. The van der Waals surface area contributed by atoms with Crippen molar-refractivity contribution in [3.63, 3.8) is 0 Å². The minimum Gasteiger partial charge on any atom is -0.379 e. The third-order valence-corrected chi connectivity index (χ3v) is 8.21. The molecule has 0 radical (unpaired) electrons. The SMILES string of the molecule is COC1COCCC1NC1CCC(C(=O)N2CC=C(c3ccccc3C(F)(F)F)CC2)(C(C)C)C1. The zero-order valence-corrected chi connectivity index (χ0v) is 20.9. The van der Waals surface area contributed by atoms with Gasteiger partial charge in [-0.25, -0.2) is 0 Å². The summed E-state index contributed by atoms with van der Waals surface area (Å²) in [6, 6.07) is 6.15. The molecule has 194 valence electrons. The van der Waals surface area contributed by atoms with E-state index >= 15 is 0 Å². The van der Waals surface area contributed by atoms with E-state index in [9.17, 15) is 18.0 Å². The number of nitrogens with one attached hydrogen (secondary N) is 1. The summed E-state index contributed by atoms with van der Waals surface area (Å²) in [7, 11) is 1.70. The largest absolute Gasteiger partial charge is 0.416 e. The van der Waals surface area contributed by atoms with Crippen molar-refractivity contribution >= 4 is 11.5 Å². The molecule has 1 aromatic carbocycles. The minimum atomic E-state index is -4.40. The first-order valence-electron chi connectivity index (χ1n) is 12.7. The molecule has 4 atom stereocenters. The molecule has 2 aliphatic heterocycles. The van der Waals surface area contributed by atoms with Crippen molar-refractivity contribution in [1.82, 2.24) is 10.2 Å². The maximum Gasteiger partial charge on any atom is 0.416 e. The number of hydrogen-bond acceptors (Lipinski definition) is 4. The Balaban J connectivity index is 1.45. The van der Waals surface area contributed by atoms with Gasteiger partial charge < -0.3 is 19.7 Å². The Morgan fingerprint density at radius 2 is 2.03 bits per heavy atom. The van der Waals surface area contributed by atoms with Crippen LogP contribution in [0, 0.1) is 11.3 Å². The predicted octanol–water partition coefficient (Wildman–Crippen LogP) is 4.91. The molecule has 0 bridgehead atoms. The van der Waals surface area contributed by atoms with E-state index in [1.807, 2.05) is 4.90 Å². The topological polar surface area (TPSA) is 50.8 Å². The van der Waals surface area contributed by atoms with Crippen molar-refractivity contribution in [2.24, 2.45) is 11.3 Å². The van der Waals surface area contributed by atoms with Gasteiger partial charge in [0.1, 0.15) is 0 Å². The molecule has 8 heteroatoms. The number of methoxy groups -OCH3 is 1. The highest BCUT2D eigenvalue weighted by Crippen LogP contribution is 2.47. The first-order valence-corrected chi connectivity index (χ1v) is 12.7. The molecular formula is C27H37F3N2O3. The van der Waals surface area contributed by atoms with Crippen LogP contribution < -0.4 is 5.32 Å². The normalized spacial score (nSPS) is 30.0. The Morgan fingerprint density at radius 3 is 2.69 bits per heavy atom. The molecule has 35 heavy (non-hydrogen) atoms. The summed E-state index contributed by atoms with van der Waals surface area (Å²) in [5.74, 6) is 0.303. The smallest absolute Gasteiger partial charge is 0.379 e. The standard InChI is InChI=1S/C27H37F3N2O3/c1-18(2)26(12-8-20(16-26)31-23-11-15-35-17-24(23)34-3)25(33)32-13-9-19(10-14-32)21-6-4-5-7-22(21)27(28,29)30/h4-7,9,18,20,23-24,31H,8,10-17H2,1-3H3. The second-order valence-corrected chi connectivity index (χ2v) is 10.4. The summed E-state index contributed by atoms with van der Waals surface area (Å²) in [5.41, 5.74) is -0.186. The third-order valence-electron chi connectivity index (χ3n) is 8.21. The van der Waals surface area contributed by atoms with Gasteiger partial charge in [-0.15, -0.1) is 0 Å². The van der Waals surface area contributed by atoms with Crippen LogP contribution in [0.25, 0.3) is 5.57 Å². The van der Waals surface area contributed by atoms with E-state index in [1.54, 1.807) is 19.3 Å². The minimum absolute atomic E-state index is 0.0127. The number of nitrogens with zero attached hydrogens (tertiary/aromatic N) is 1. The average molecular weight is 495 g/mol. The first kappa shape index (κ1) is 26.2. The third kappa shape index (κ3) is 5.44. The molecule has 4 unspecified atom stereocenters. The molecule has 1 amide bonds. The number of benzene rings is 1. The monoisotopic (exact) mass is 494 g/mol. The lowest BCUT2D eigenvalue weighted by atomic mass is 9.74.